The van der Waals surface area contributed by atoms with Crippen LogP contribution in [0.4, 0.5) is 17.3 Å². The van der Waals surface area contributed by atoms with Gasteiger partial charge in [-0.25, -0.2) is 15.0 Å². The summed E-state index contributed by atoms with van der Waals surface area (Å²) in [5.74, 6) is 1.44. The molecule has 10 aromatic rings. The molecule has 51 heavy (non-hydrogen) atoms. The van der Waals surface area contributed by atoms with Crippen molar-refractivity contribution < 1.29 is 4.42 Å². The van der Waals surface area contributed by atoms with Gasteiger partial charge < -0.3 is 4.42 Å². The molecule has 11 rings (SSSR count). The van der Waals surface area contributed by atoms with Crippen LogP contribution in [-0.4, -0.2) is 19.5 Å². The Morgan fingerprint density at radius 3 is 2.24 bits per heavy atom. The molecule has 0 amide bonds. The fourth-order valence-electron chi connectivity index (χ4n) is 7.65. The van der Waals surface area contributed by atoms with E-state index < -0.39 is 0 Å². The summed E-state index contributed by atoms with van der Waals surface area (Å²) in [4.78, 5) is 18.0. The van der Waals surface area contributed by atoms with E-state index in [1.54, 1.807) is 0 Å². The molecule has 0 saturated heterocycles. The standard InChI is InChI=1S/C45H27N5O/c1-2-14-29(15-3-1)40-43-41(35-20-7-11-24-39(35)51-43)48-44(47-40)30-16-12-17-31(27-30)49-42-32-18-5-4-13-28(32)25-26-34(42)33-19-6-9-22-37(33)50-38-23-10-8-21-36(38)46-45(49)50/h1-27H. The van der Waals surface area contributed by atoms with Crippen molar-refractivity contribution in [1.29, 1.82) is 0 Å². The number of imidazole rings is 1. The minimum atomic E-state index is 0.625. The summed E-state index contributed by atoms with van der Waals surface area (Å²) in [6.07, 6.45) is 0. The molecule has 0 spiro atoms. The van der Waals surface area contributed by atoms with Gasteiger partial charge in [-0.3, -0.25) is 9.47 Å². The monoisotopic (exact) mass is 653 g/mol. The number of benzene rings is 7. The summed E-state index contributed by atoms with van der Waals surface area (Å²) in [5, 5.41) is 3.26. The number of furan rings is 1. The lowest BCUT2D eigenvalue weighted by Crippen LogP contribution is -2.14. The molecule has 0 atom stereocenters. The van der Waals surface area contributed by atoms with Gasteiger partial charge in [-0.2, -0.15) is 0 Å². The van der Waals surface area contributed by atoms with Crippen LogP contribution in [0.2, 0.25) is 0 Å². The first-order chi connectivity index (χ1) is 25.3. The SMILES string of the molecule is c1ccc(-c2nc(-c3cccc(N4c5c(ccc6ccccc56)-c5ccccc5-n5c4nc4ccccc45)c3)nc3c2oc2ccccc23)cc1. The third kappa shape index (κ3) is 4.14. The fourth-order valence-corrected chi connectivity index (χ4v) is 7.65. The maximum atomic E-state index is 6.40. The first kappa shape index (κ1) is 27.9. The largest absolute Gasteiger partial charge is 0.452 e. The van der Waals surface area contributed by atoms with Gasteiger partial charge in [-0.15, -0.1) is 0 Å². The Morgan fingerprint density at radius 2 is 1.29 bits per heavy atom. The van der Waals surface area contributed by atoms with Crippen LogP contribution in [0.25, 0.3) is 83.3 Å². The molecule has 4 heterocycles. The highest BCUT2D eigenvalue weighted by molar-refractivity contribution is 6.09. The second-order valence-electron chi connectivity index (χ2n) is 12.9. The van der Waals surface area contributed by atoms with Gasteiger partial charge in [-0.1, -0.05) is 121 Å². The van der Waals surface area contributed by atoms with Gasteiger partial charge in [0, 0.05) is 38.7 Å². The highest BCUT2D eigenvalue weighted by Crippen LogP contribution is 2.50. The minimum absolute atomic E-state index is 0.625. The van der Waals surface area contributed by atoms with E-state index in [2.05, 4.69) is 131 Å². The molecule has 0 aliphatic carbocycles. The van der Waals surface area contributed by atoms with Crippen molar-refractivity contribution in [3.8, 4) is 39.5 Å². The Bertz CT molecular complexity index is 3000. The second kappa shape index (κ2) is 10.7. The number of rotatable bonds is 3. The molecule has 0 bridgehead atoms. The highest BCUT2D eigenvalue weighted by atomic mass is 16.3. The van der Waals surface area contributed by atoms with Crippen LogP contribution in [0.3, 0.4) is 0 Å². The number of aromatic nitrogens is 4. The Morgan fingerprint density at radius 1 is 0.529 bits per heavy atom. The Labute approximate surface area is 292 Å². The topological polar surface area (TPSA) is 60.0 Å². The van der Waals surface area contributed by atoms with Gasteiger partial charge in [0.15, 0.2) is 11.4 Å². The van der Waals surface area contributed by atoms with Gasteiger partial charge >= 0.3 is 0 Å². The lowest BCUT2D eigenvalue weighted by molar-refractivity contribution is 0.667. The van der Waals surface area contributed by atoms with Gasteiger partial charge in [0.2, 0.25) is 5.95 Å². The van der Waals surface area contributed by atoms with E-state index >= 15 is 0 Å². The Kier molecular flexibility index (Phi) is 5.86. The van der Waals surface area contributed by atoms with Crippen molar-refractivity contribution in [3.05, 3.63) is 164 Å². The lowest BCUT2D eigenvalue weighted by atomic mass is 9.96. The quantitative estimate of drug-likeness (QED) is 0.190. The molecule has 0 unspecified atom stereocenters. The normalized spacial score (nSPS) is 12.3. The zero-order valence-electron chi connectivity index (χ0n) is 27.2. The number of anilines is 3. The van der Waals surface area contributed by atoms with E-state index in [0.717, 1.165) is 89.3 Å². The predicted octanol–water partition coefficient (Wildman–Crippen LogP) is 11.7. The van der Waals surface area contributed by atoms with Crippen LogP contribution in [0, 0.1) is 0 Å². The molecule has 0 N–H and O–H groups in total. The zero-order chi connectivity index (χ0) is 33.5. The molecule has 1 aliphatic heterocycles. The van der Waals surface area contributed by atoms with Gasteiger partial charge in [0.1, 0.15) is 16.8 Å². The lowest BCUT2D eigenvalue weighted by Gasteiger charge is -2.26. The molecule has 0 radical (unpaired) electrons. The first-order valence-electron chi connectivity index (χ1n) is 17.0. The van der Waals surface area contributed by atoms with E-state index in [1.807, 2.05) is 42.5 Å². The average Bonchev–Trinajstić information content (AvgIpc) is 3.73. The van der Waals surface area contributed by atoms with E-state index in [-0.39, 0.29) is 0 Å². The summed E-state index contributed by atoms with van der Waals surface area (Å²) in [6.45, 7) is 0. The molecule has 238 valence electrons. The van der Waals surface area contributed by atoms with Crippen molar-refractivity contribution >= 4 is 61.2 Å². The molecule has 3 aromatic heterocycles. The maximum absolute atomic E-state index is 6.40. The molecule has 0 saturated carbocycles. The van der Waals surface area contributed by atoms with E-state index in [9.17, 15) is 0 Å². The third-order valence-corrected chi connectivity index (χ3v) is 9.93. The van der Waals surface area contributed by atoms with Crippen LogP contribution in [0.1, 0.15) is 0 Å². The van der Waals surface area contributed by atoms with Crippen molar-refractivity contribution in [2.45, 2.75) is 0 Å². The Hall–Kier alpha value is -7.05. The van der Waals surface area contributed by atoms with E-state index in [0.29, 0.717) is 11.4 Å². The number of hydrogen-bond donors (Lipinski definition) is 0. The molecule has 6 heteroatoms. The molecular formula is C45H27N5O. The van der Waals surface area contributed by atoms with Gasteiger partial charge in [0.25, 0.3) is 0 Å². The van der Waals surface area contributed by atoms with E-state index in [1.165, 1.54) is 0 Å². The number of hydrogen-bond acceptors (Lipinski definition) is 5. The fraction of sp³-hybridized carbons (Fsp3) is 0. The predicted molar refractivity (Wildman–Crippen MR) is 206 cm³/mol. The summed E-state index contributed by atoms with van der Waals surface area (Å²) in [5.41, 5.74) is 12.3. The molecule has 1 aliphatic rings. The smallest absolute Gasteiger partial charge is 0.220 e. The van der Waals surface area contributed by atoms with Crippen LogP contribution in [0.15, 0.2) is 168 Å². The first-order valence-corrected chi connectivity index (χ1v) is 17.0. The third-order valence-electron chi connectivity index (χ3n) is 9.93. The Balaban J connectivity index is 1.21. The van der Waals surface area contributed by atoms with Crippen molar-refractivity contribution in [1.82, 2.24) is 19.5 Å². The number of fused-ring (bicyclic) bond motifs is 12. The zero-order valence-corrected chi connectivity index (χ0v) is 27.2. The second-order valence-corrected chi connectivity index (χ2v) is 12.9. The average molecular weight is 654 g/mol. The van der Waals surface area contributed by atoms with Crippen LogP contribution < -0.4 is 4.90 Å². The van der Waals surface area contributed by atoms with Crippen LogP contribution in [-0.2, 0) is 0 Å². The van der Waals surface area contributed by atoms with Gasteiger partial charge in [-0.05, 0) is 47.9 Å². The van der Waals surface area contributed by atoms with Crippen molar-refractivity contribution in [2.75, 3.05) is 4.90 Å². The van der Waals surface area contributed by atoms with Crippen LogP contribution in [0.5, 0.6) is 0 Å². The molecule has 6 nitrogen and oxygen atoms in total. The van der Waals surface area contributed by atoms with Crippen LogP contribution >= 0.6 is 0 Å². The summed E-state index contributed by atoms with van der Waals surface area (Å²) >= 11 is 0. The molecule has 0 fully saturated rings. The maximum Gasteiger partial charge on any atom is 0.220 e. The minimum Gasteiger partial charge on any atom is -0.452 e. The van der Waals surface area contributed by atoms with Gasteiger partial charge in [0.05, 0.1) is 22.4 Å². The number of nitrogens with zero attached hydrogens (tertiary/aromatic N) is 5. The highest BCUT2D eigenvalue weighted by Gasteiger charge is 2.31. The summed E-state index contributed by atoms with van der Waals surface area (Å²) in [6, 6.07) is 56.8. The van der Waals surface area contributed by atoms with Crippen molar-refractivity contribution in [2.24, 2.45) is 0 Å². The van der Waals surface area contributed by atoms with E-state index in [4.69, 9.17) is 19.4 Å². The number of para-hydroxylation sites is 4. The van der Waals surface area contributed by atoms with Crippen molar-refractivity contribution in [3.63, 3.8) is 0 Å². The molecular weight excluding hydrogens is 627 g/mol. The summed E-state index contributed by atoms with van der Waals surface area (Å²) < 4.78 is 8.69. The molecule has 7 aromatic carbocycles. The summed E-state index contributed by atoms with van der Waals surface area (Å²) in [7, 11) is 0.